The van der Waals surface area contributed by atoms with Crippen LogP contribution in [0.5, 0.6) is 11.5 Å². The van der Waals surface area contributed by atoms with Gasteiger partial charge >= 0.3 is 0 Å². The summed E-state index contributed by atoms with van der Waals surface area (Å²) in [6.07, 6.45) is 2.19. The standard InChI is InChI=1S/C15H25NO2/c1-5-15(4,6-2)16-11-12-8-9-13(17)14(10-12)18-7-3/h8-10,16-17H,5-7,11H2,1-4H3. The number of hydrogen-bond donors (Lipinski definition) is 2. The maximum Gasteiger partial charge on any atom is 0.161 e. The minimum Gasteiger partial charge on any atom is -0.504 e. The highest BCUT2D eigenvalue weighted by molar-refractivity contribution is 5.41. The van der Waals surface area contributed by atoms with Crippen molar-refractivity contribution in [2.75, 3.05) is 6.61 Å². The lowest BCUT2D eigenvalue weighted by molar-refractivity contribution is 0.315. The molecule has 1 aromatic rings. The third kappa shape index (κ3) is 3.91. The van der Waals surface area contributed by atoms with Crippen LogP contribution in [0.2, 0.25) is 0 Å². The van der Waals surface area contributed by atoms with Crippen molar-refractivity contribution in [3.63, 3.8) is 0 Å². The molecular formula is C15H25NO2. The van der Waals surface area contributed by atoms with Gasteiger partial charge in [-0.1, -0.05) is 19.9 Å². The number of phenolic OH excluding ortho intramolecular Hbond substituents is 1. The van der Waals surface area contributed by atoms with Gasteiger partial charge in [-0.2, -0.15) is 0 Å². The topological polar surface area (TPSA) is 41.5 Å². The Balaban J connectivity index is 2.70. The first-order valence-electron chi connectivity index (χ1n) is 6.74. The number of rotatable bonds is 7. The lowest BCUT2D eigenvalue weighted by Gasteiger charge is -2.28. The van der Waals surface area contributed by atoms with Gasteiger partial charge in [-0.05, 0) is 44.4 Å². The Hall–Kier alpha value is -1.22. The van der Waals surface area contributed by atoms with Crippen LogP contribution in [0.4, 0.5) is 0 Å². The molecule has 0 radical (unpaired) electrons. The molecule has 18 heavy (non-hydrogen) atoms. The number of phenols is 1. The van der Waals surface area contributed by atoms with Gasteiger partial charge < -0.3 is 15.2 Å². The van der Waals surface area contributed by atoms with E-state index in [9.17, 15) is 5.11 Å². The molecule has 0 aliphatic carbocycles. The van der Waals surface area contributed by atoms with Crippen LogP contribution in [0.1, 0.15) is 46.1 Å². The zero-order chi connectivity index (χ0) is 13.6. The van der Waals surface area contributed by atoms with Crippen LogP contribution in [0, 0.1) is 0 Å². The number of nitrogens with one attached hydrogen (secondary N) is 1. The van der Waals surface area contributed by atoms with E-state index in [-0.39, 0.29) is 11.3 Å². The Labute approximate surface area is 110 Å². The Morgan fingerprint density at radius 3 is 2.44 bits per heavy atom. The van der Waals surface area contributed by atoms with E-state index in [1.807, 2.05) is 19.1 Å². The van der Waals surface area contributed by atoms with Crippen LogP contribution in [0.25, 0.3) is 0 Å². The normalized spacial score (nSPS) is 11.6. The molecule has 2 N–H and O–H groups in total. The fourth-order valence-electron chi connectivity index (χ4n) is 1.76. The van der Waals surface area contributed by atoms with Crippen molar-refractivity contribution in [2.24, 2.45) is 0 Å². The van der Waals surface area contributed by atoms with Gasteiger partial charge in [-0.3, -0.25) is 0 Å². The van der Waals surface area contributed by atoms with Crippen LogP contribution < -0.4 is 10.1 Å². The van der Waals surface area contributed by atoms with E-state index >= 15 is 0 Å². The summed E-state index contributed by atoms with van der Waals surface area (Å²) in [6, 6.07) is 5.52. The van der Waals surface area contributed by atoms with Crippen LogP contribution in [0.15, 0.2) is 18.2 Å². The smallest absolute Gasteiger partial charge is 0.161 e. The number of aromatic hydroxyl groups is 1. The minimum absolute atomic E-state index is 0.170. The molecule has 0 aliphatic heterocycles. The van der Waals surface area contributed by atoms with Gasteiger partial charge in [0.25, 0.3) is 0 Å². The first kappa shape index (κ1) is 14.8. The Morgan fingerprint density at radius 1 is 1.22 bits per heavy atom. The summed E-state index contributed by atoms with van der Waals surface area (Å²) in [4.78, 5) is 0. The molecule has 0 saturated heterocycles. The average Bonchev–Trinajstić information content (AvgIpc) is 2.39. The van der Waals surface area contributed by atoms with Crippen molar-refractivity contribution >= 4 is 0 Å². The van der Waals surface area contributed by atoms with E-state index in [0.717, 1.165) is 24.9 Å². The lowest BCUT2D eigenvalue weighted by atomic mass is 9.95. The predicted molar refractivity (Wildman–Crippen MR) is 75.1 cm³/mol. The number of benzene rings is 1. The molecule has 0 bridgehead atoms. The van der Waals surface area contributed by atoms with Crippen LogP contribution in [0.3, 0.4) is 0 Å². The molecule has 3 nitrogen and oxygen atoms in total. The molecule has 0 heterocycles. The Kier molecular flexibility index (Phi) is 5.48. The fraction of sp³-hybridized carbons (Fsp3) is 0.600. The maximum atomic E-state index is 9.64. The molecule has 0 aromatic heterocycles. The second kappa shape index (κ2) is 6.64. The lowest BCUT2D eigenvalue weighted by Crippen LogP contribution is -2.40. The first-order valence-corrected chi connectivity index (χ1v) is 6.74. The Bertz CT molecular complexity index is 373. The monoisotopic (exact) mass is 251 g/mol. The third-order valence-electron chi connectivity index (χ3n) is 3.60. The summed E-state index contributed by atoms with van der Waals surface area (Å²) < 4.78 is 5.38. The fourth-order valence-corrected chi connectivity index (χ4v) is 1.76. The van der Waals surface area contributed by atoms with Gasteiger partial charge in [-0.25, -0.2) is 0 Å². The molecule has 0 atom stereocenters. The van der Waals surface area contributed by atoms with Crippen LogP contribution >= 0.6 is 0 Å². The second-order valence-corrected chi connectivity index (χ2v) is 4.86. The van der Waals surface area contributed by atoms with Crippen LogP contribution in [-0.2, 0) is 6.54 Å². The molecule has 1 rings (SSSR count). The minimum atomic E-state index is 0.170. The molecule has 0 spiro atoms. The van der Waals surface area contributed by atoms with Crippen molar-refractivity contribution in [2.45, 2.75) is 52.6 Å². The van der Waals surface area contributed by atoms with Crippen molar-refractivity contribution in [1.29, 1.82) is 0 Å². The number of hydrogen-bond acceptors (Lipinski definition) is 3. The van der Waals surface area contributed by atoms with Crippen molar-refractivity contribution in [3.05, 3.63) is 23.8 Å². The van der Waals surface area contributed by atoms with Gasteiger partial charge in [0.2, 0.25) is 0 Å². The van der Waals surface area contributed by atoms with Gasteiger partial charge in [0.1, 0.15) is 0 Å². The highest BCUT2D eigenvalue weighted by Gasteiger charge is 2.18. The highest BCUT2D eigenvalue weighted by Crippen LogP contribution is 2.27. The van der Waals surface area contributed by atoms with Gasteiger partial charge in [0, 0.05) is 12.1 Å². The first-order chi connectivity index (χ1) is 8.54. The molecule has 102 valence electrons. The quantitative estimate of drug-likeness (QED) is 0.779. The van der Waals surface area contributed by atoms with E-state index in [2.05, 4.69) is 26.1 Å². The summed E-state index contributed by atoms with van der Waals surface area (Å²) in [5.41, 5.74) is 1.30. The summed E-state index contributed by atoms with van der Waals surface area (Å²) in [5.74, 6) is 0.765. The molecule has 0 amide bonds. The van der Waals surface area contributed by atoms with E-state index in [1.165, 1.54) is 0 Å². The van der Waals surface area contributed by atoms with Gasteiger partial charge in [0.05, 0.1) is 6.61 Å². The molecule has 0 saturated carbocycles. The maximum absolute atomic E-state index is 9.64. The van der Waals surface area contributed by atoms with Crippen molar-refractivity contribution in [3.8, 4) is 11.5 Å². The average molecular weight is 251 g/mol. The van der Waals surface area contributed by atoms with Crippen molar-refractivity contribution < 1.29 is 9.84 Å². The molecule has 0 unspecified atom stereocenters. The van der Waals surface area contributed by atoms with Gasteiger partial charge in [0.15, 0.2) is 11.5 Å². The van der Waals surface area contributed by atoms with Gasteiger partial charge in [-0.15, -0.1) is 0 Å². The zero-order valence-electron chi connectivity index (χ0n) is 11.9. The van der Waals surface area contributed by atoms with E-state index in [0.29, 0.717) is 12.4 Å². The summed E-state index contributed by atoms with van der Waals surface area (Å²) >= 11 is 0. The predicted octanol–water partition coefficient (Wildman–Crippen LogP) is 3.46. The second-order valence-electron chi connectivity index (χ2n) is 4.86. The zero-order valence-corrected chi connectivity index (χ0v) is 11.9. The summed E-state index contributed by atoms with van der Waals surface area (Å²) in [5, 5.41) is 13.2. The van der Waals surface area contributed by atoms with E-state index < -0.39 is 0 Å². The number of ether oxygens (including phenoxy) is 1. The third-order valence-corrected chi connectivity index (χ3v) is 3.60. The highest BCUT2D eigenvalue weighted by atomic mass is 16.5. The summed E-state index contributed by atoms with van der Waals surface area (Å²) in [7, 11) is 0. The van der Waals surface area contributed by atoms with E-state index in [4.69, 9.17) is 4.74 Å². The SMILES string of the molecule is CCOc1cc(CNC(C)(CC)CC)ccc1O. The summed E-state index contributed by atoms with van der Waals surface area (Å²) in [6.45, 7) is 9.88. The molecule has 0 fully saturated rings. The molecule has 1 aromatic carbocycles. The van der Waals surface area contributed by atoms with Crippen molar-refractivity contribution in [1.82, 2.24) is 5.32 Å². The largest absolute Gasteiger partial charge is 0.504 e. The molecule has 0 aliphatic rings. The molecule has 3 heteroatoms. The molecular weight excluding hydrogens is 226 g/mol. The Morgan fingerprint density at radius 2 is 1.89 bits per heavy atom. The van der Waals surface area contributed by atoms with Crippen LogP contribution in [-0.4, -0.2) is 17.3 Å². The van der Waals surface area contributed by atoms with E-state index in [1.54, 1.807) is 6.07 Å².